The second kappa shape index (κ2) is 7.48. The molecule has 3 N–H and O–H groups in total. The first-order valence-corrected chi connectivity index (χ1v) is 8.88. The molecule has 0 saturated carbocycles. The summed E-state index contributed by atoms with van der Waals surface area (Å²) in [4.78, 5) is 36.4. The molecule has 0 fully saturated rings. The molecular formula is C18H18N2O4S. The summed E-state index contributed by atoms with van der Waals surface area (Å²) >= 11 is 1.58. The predicted molar refractivity (Wildman–Crippen MR) is 94.8 cm³/mol. The van der Waals surface area contributed by atoms with Gasteiger partial charge in [-0.25, -0.2) is 4.79 Å². The van der Waals surface area contributed by atoms with Gasteiger partial charge in [-0.3, -0.25) is 9.59 Å². The molecule has 1 aliphatic carbocycles. The van der Waals surface area contributed by atoms with Crippen molar-refractivity contribution in [2.45, 2.75) is 25.7 Å². The lowest BCUT2D eigenvalue weighted by atomic mass is 9.96. The summed E-state index contributed by atoms with van der Waals surface area (Å²) in [5.74, 6) is -1.44. The highest BCUT2D eigenvalue weighted by atomic mass is 32.1. The van der Waals surface area contributed by atoms with Crippen LogP contribution < -0.4 is 11.1 Å². The Morgan fingerprint density at radius 1 is 1.12 bits per heavy atom. The van der Waals surface area contributed by atoms with Crippen LogP contribution in [0.2, 0.25) is 0 Å². The maximum Gasteiger partial charge on any atom is 0.339 e. The number of thiophene rings is 1. The van der Waals surface area contributed by atoms with E-state index in [4.69, 9.17) is 10.5 Å². The van der Waals surface area contributed by atoms with Crippen molar-refractivity contribution in [3.8, 4) is 0 Å². The number of fused-ring (bicyclic) bond motifs is 1. The summed E-state index contributed by atoms with van der Waals surface area (Å²) in [5, 5.41) is 4.42. The van der Waals surface area contributed by atoms with Crippen LogP contribution in [-0.4, -0.2) is 24.4 Å². The molecule has 0 unspecified atom stereocenters. The molecule has 1 aromatic carbocycles. The number of hydrogen-bond donors (Lipinski definition) is 2. The highest BCUT2D eigenvalue weighted by molar-refractivity contribution is 7.10. The lowest BCUT2D eigenvalue weighted by molar-refractivity contribution is -0.119. The smallest absolute Gasteiger partial charge is 0.339 e. The fourth-order valence-corrected chi connectivity index (χ4v) is 3.90. The van der Waals surface area contributed by atoms with Crippen LogP contribution in [0.15, 0.2) is 29.6 Å². The summed E-state index contributed by atoms with van der Waals surface area (Å²) in [5.41, 5.74) is 7.67. The third kappa shape index (κ3) is 4.06. The minimum absolute atomic E-state index is 0.353. The standard InChI is InChI=1S/C18H18N2O4S/c19-17(22)11-5-7-12(8-6-11)20-16(21)9-24-18(23)14-10-25-15-4-2-1-3-13(14)15/h5-8,10H,1-4,9H2,(H2,19,22)(H,20,21). The van der Waals surface area contributed by atoms with Crippen LogP contribution in [0.4, 0.5) is 5.69 Å². The van der Waals surface area contributed by atoms with Crippen LogP contribution in [0.3, 0.4) is 0 Å². The lowest BCUT2D eigenvalue weighted by Gasteiger charge is -2.12. The van der Waals surface area contributed by atoms with E-state index in [1.54, 1.807) is 23.5 Å². The SMILES string of the molecule is NC(=O)c1ccc(NC(=O)COC(=O)c2csc3c2CCCC3)cc1. The maximum atomic E-state index is 12.2. The molecule has 130 valence electrons. The lowest BCUT2D eigenvalue weighted by Crippen LogP contribution is -2.21. The third-order valence-corrected chi connectivity index (χ3v) is 5.16. The van der Waals surface area contributed by atoms with Crippen molar-refractivity contribution in [2.24, 2.45) is 5.73 Å². The number of rotatable bonds is 5. The zero-order chi connectivity index (χ0) is 17.8. The van der Waals surface area contributed by atoms with Crippen LogP contribution >= 0.6 is 11.3 Å². The summed E-state index contributed by atoms with van der Waals surface area (Å²) in [6.07, 6.45) is 4.13. The van der Waals surface area contributed by atoms with Crippen LogP contribution in [0.5, 0.6) is 0 Å². The number of amides is 2. The van der Waals surface area contributed by atoms with E-state index in [0.717, 1.165) is 31.2 Å². The molecule has 0 saturated heterocycles. The number of anilines is 1. The Morgan fingerprint density at radius 3 is 2.56 bits per heavy atom. The second-order valence-corrected chi connectivity index (χ2v) is 6.79. The normalized spacial score (nSPS) is 13.0. The monoisotopic (exact) mass is 358 g/mol. The Morgan fingerprint density at radius 2 is 1.84 bits per heavy atom. The van der Waals surface area contributed by atoms with Crippen molar-refractivity contribution < 1.29 is 19.1 Å². The van der Waals surface area contributed by atoms with Gasteiger partial charge in [-0.2, -0.15) is 0 Å². The third-order valence-electron chi connectivity index (χ3n) is 4.07. The Balaban J connectivity index is 1.54. The largest absolute Gasteiger partial charge is 0.452 e. The average molecular weight is 358 g/mol. The zero-order valence-corrected chi connectivity index (χ0v) is 14.4. The van der Waals surface area contributed by atoms with Crippen molar-refractivity contribution in [3.63, 3.8) is 0 Å². The van der Waals surface area contributed by atoms with Crippen LogP contribution in [0, 0.1) is 0 Å². The molecule has 25 heavy (non-hydrogen) atoms. The van der Waals surface area contributed by atoms with Crippen LogP contribution in [0.25, 0.3) is 0 Å². The molecule has 0 bridgehead atoms. The molecule has 0 spiro atoms. The first-order valence-electron chi connectivity index (χ1n) is 8.00. The first kappa shape index (κ1) is 17.2. The van der Waals surface area contributed by atoms with Crippen molar-refractivity contribution in [2.75, 3.05) is 11.9 Å². The molecule has 1 heterocycles. The van der Waals surface area contributed by atoms with Gasteiger partial charge in [0.1, 0.15) is 0 Å². The number of primary amides is 1. The van der Waals surface area contributed by atoms with E-state index in [1.807, 2.05) is 5.38 Å². The number of carbonyl (C=O) groups is 3. The van der Waals surface area contributed by atoms with Crippen LogP contribution in [0.1, 0.15) is 44.0 Å². The Bertz CT molecular complexity index is 811. The molecule has 2 amide bonds. The Hall–Kier alpha value is -2.67. The Labute approximate surface area is 149 Å². The molecular weight excluding hydrogens is 340 g/mol. The number of nitrogens with two attached hydrogens (primary N) is 1. The van der Waals surface area contributed by atoms with Crippen LogP contribution in [-0.2, 0) is 22.4 Å². The minimum atomic E-state index is -0.536. The molecule has 0 atom stereocenters. The van der Waals surface area contributed by atoms with Crippen molar-refractivity contribution in [1.82, 2.24) is 0 Å². The summed E-state index contributed by atoms with van der Waals surface area (Å²) in [6.45, 7) is -0.360. The second-order valence-electron chi connectivity index (χ2n) is 5.82. The van der Waals surface area contributed by atoms with Gasteiger partial charge in [0.25, 0.3) is 5.91 Å². The molecule has 1 aliphatic rings. The van der Waals surface area contributed by atoms with Gasteiger partial charge >= 0.3 is 5.97 Å². The first-order chi connectivity index (χ1) is 12.0. The maximum absolute atomic E-state index is 12.2. The van der Waals surface area contributed by atoms with E-state index in [9.17, 15) is 14.4 Å². The summed E-state index contributed by atoms with van der Waals surface area (Å²) in [7, 11) is 0. The van der Waals surface area contributed by atoms with Gasteiger partial charge in [-0.1, -0.05) is 0 Å². The van der Waals surface area contributed by atoms with Gasteiger partial charge < -0.3 is 15.8 Å². The van der Waals surface area contributed by atoms with E-state index < -0.39 is 17.8 Å². The number of nitrogens with one attached hydrogen (secondary N) is 1. The topological polar surface area (TPSA) is 98.5 Å². The summed E-state index contributed by atoms with van der Waals surface area (Å²) < 4.78 is 5.13. The minimum Gasteiger partial charge on any atom is -0.452 e. The number of esters is 1. The van der Waals surface area contributed by atoms with Crippen molar-refractivity contribution in [3.05, 3.63) is 51.2 Å². The highest BCUT2D eigenvalue weighted by Gasteiger charge is 2.21. The number of aryl methyl sites for hydroxylation is 1. The molecule has 0 aliphatic heterocycles. The van der Waals surface area contributed by atoms with Crippen molar-refractivity contribution >= 4 is 34.8 Å². The fourth-order valence-electron chi connectivity index (χ4n) is 2.79. The molecule has 7 heteroatoms. The van der Waals surface area contributed by atoms with Gasteiger partial charge in [0.2, 0.25) is 5.91 Å². The fraction of sp³-hybridized carbons (Fsp3) is 0.278. The number of hydrogen-bond acceptors (Lipinski definition) is 5. The zero-order valence-electron chi connectivity index (χ0n) is 13.5. The molecule has 3 rings (SSSR count). The molecule has 6 nitrogen and oxygen atoms in total. The molecule has 0 radical (unpaired) electrons. The van der Waals surface area contributed by atoms with E-state index in [2.05, 4.69) is 5.32 Å². The number of ether oxygens (including phenoxy) is 1. The number of carbonyl (C=O) groups excluding carboxylic acids is 3. The highest BCUT2D eigenvalue weighted by Crippen LogP contribution is 2.30. The molecule has 2 aromatic rings. The summed E-state index contributed by atoms with van der Waals surface area (Å²) in [6, 6.07) is 6.16. The Kier molecular flexibility index (Phi) is 5.14. The van der Waals surface area contributed by atoms with Gasteiger partial charge in [-0.15, -0.1) is 11.3 Å². The van der Waals surface area contributed by atoms with E-state index in [-0.39, 0.29) is 6.61 Å². The van der Waals surface area contributed by atoms with E-state index in [0.29, 0.717) is 16.8 Å². The average Bonchev–Trinajstić information content (AvgIpc) is 3.04. The van der Waals surface area contributed by atoms with Gasteiger partial charge in [0, 0.05) is 21.5 Å². The van der Waals surface area contributed by atoms with Gasteiger partial charge in [0.05, 0.1) is 5.56 Å². The predicted octanol–water partition coefficient (Wildman–Crippen LogP) is 2.52. The van der Waals surface area contributed by atoms with Gasteiger partial charge in [0.15, 0.2) is 6.61 Å². The van der Waals surface area contributed by atoms with Crippen molar-refractivity contribution in [1.29, 1.82) is 0 Å². The van der Waals surface area contributed by atoms with Gasteiger partial charge in [-0.05, 0) is 55.5 Å². The van der Waals surface area contributed by atoms with E-state index in [1.165, 1.54) is 17.0 Å². The van der Waals surface area contributed by atoms with E-state index >= 15 is 0 Å². The number of benzene rings is 1. The quantitative estimate of drug-likeness (QED) is 0.802. The molecule has 1 aromatic heterocycles.